The summed E-state index contributed by atoms with van der Waals surface area (Å²) in [6, 6.07) is 6.23. The molecule has 5 rings (SSSR count). The molecule has 0 radical (unpaired) electrons. The maximum absolute atomic E-state index is 12.3. The SMILES string of the molecule is CC1(C)[C@@H]2CC=C(/C=N\n3c(-c4ccc(OC(F)F)cc4)n[nH]c3=S)[C@@H]1C2. The van der Waals surface area contributed by atoms with Crippen molar-refractivity contribution in [2.24, 2.45) is 22.4 Å². The molecular formula is C19H20F2N4OS. The molecular weight excluding hydrogens is 370 g/mol. The predicted molar refractivity (Wildman–Crippen MR) is 101 cm³/mol. The first-order valence-electron chi connectivity index (χ1n) is 8.83. The highest BCUT2D eigenvalue weighted by Crippen LogP contribution is 2.58. The van der Waals surface area contributed by atoms with Crippen molar-refractivity contribution in [3.05, 3.63) is 40.7 Å². The van der Waals surface area contributed by atoms with E-state index in [0.717, 1.165) is 12.3 Å². The van der Waals surface area contributed by atoms with E-state index in [9.17, 15) is 8.78 Å². The molecule has 0 saturated heterocycles. The van der Waals surface area contributed by atoms with Crippen molar-refractivity contribution in [2.75, 3.05) is 0 Å². The molecule has 1 aromatic carbocycles. The summed E-state index contributed by atoms with van der Waals surface area (Å²) in [5.41, 5.74) is 2.25. The van der Waals surface area contributed by atoms with Crippen molar-refractivity contribution >= 4 is 18.4 Å². The molecule has 2 aromatic rings. The number of hydrogen-bond acceptors (Lipinski definition) is 4. The highest BCUT2D eigenvalue weighted by atomic mass is 32.1. The lowest BCUT2D eigenvalue weighted by atomic mass is 9.49. The first-order chi connectivity index (χ1) is 12.9. The molecule has 3 aliphatic carbocycles. The number of nitrogens with one attached hydrogen (secondary N) is 1. The number of nitrogens with zero attached hydrogens (tertiary/aromatic N) is 3. The molecule has 0 amide bonds. The molecule has 1 heterocycles. The minimum atomic E-state index is -2.85. The molecule has 8 heteroatoms. The highest BCUT2D eigenvalue weighted by molar-refractivity contribution is 7.71. The number of benzene rings is 1. The summed E-state index contributed by atoms with van der Waals surface area (Å²) in [6.07, 6.45) is 6.42. The van der Waals surface area contributed by atoms with Crippen LogP contribution in [0.1, 0.15) is 26.7 Å². The van der Waals surface area contributed by atoms with Gasteiger partial charge in [0.1, 0.15) is 5.75 Å². The minimum absolute atomic E-state index is 0.0899. The molecule has 2 bridgehead atoms. The van der Waals surface area contributed by atoms with Crippen LogP contribution in [0.2, 0.25) is 0 Å². The Balaban J connectivity index is 1.59. The number of rotatable bonds is 5. The Morgan fingerprint density at radius 3 is 2.74 bits per heavy atom. The Morgan fingerprint density at radius 2 is 2.11 bits per heavy atom. The highest BCUT2D eigenvalue weighted by Gasteiger charge is 2.50. The lowest BCUT2D eigenvalue weighted by Gasteiger charge is -2.55. The second kappa shape index (κ2) is 6.67. The number of alkyl halides is 2. The van der Waals surface area contributed by atoms with E-state index in [1.807, 2.05) is 6.21 Å². The van der Waals surface area contributed by atoms with Crippen LogP contribution in [0.4, 0.5) is 8.78 Å². The van der Waals surface area contributed by atoms with Crippen molar-refractivity contribution in [1.82, 2.24) is 14.9 Å². The van der Waals surface area contributed by atoms with Crippen LogP contribution in [-0.4, -0.2) is 27.7 Å². The van der Waals surface area contributed by atoms with Crippen molar-refractivity contribution in [3.8, 4) is 17.1 Å². The van der Waals surface area contributed by atoms with Crippen molar-refractivity contribution < 1.29 is 13.5 Å². The second-order valence-electron chi connectivity index (χ2n) is 7.56. The van der Waals surface area contributed by atoms with Crippen LogP contribution in [-0.2, 0) is 0 Å². The molecule has 3 aliphatic rings. The summed E-state index contributed by atoms with van der Waals surface area (Å²) >= 11 is 5.29. The van der Waals surface area contributed by atoms with Gasteiger partial charge in [-0.1, -0.05) is 19.9 Å². The third-order valence-electron chi connectivity index (χ3n) is 5.82. The third-order valence-corrected chi connectivity index (χ3v) is 6.09. The monoisotopic (exact) mass is 390 g/mol. The number of aromatic amines is 1. The van der Waals surface area contributed by atoms with Gasteiger partial charge in [-0.2, -0.15) is 23.7 Å². The maximum atomic E-state index is 12.3. The van der Waals surface area contributed by atoms with E-state index in [1.165, 1.54) is 24.1 Å². The number of ether oxygens (including phenoxy) is 1. The molecule has 2 atom stereocenters. The molecule has 1 saturated carbocycles. The van der Waals surface area contributed by atoms with Gasteiger partial charge in [0.2, 0.25) is 4.77 Å². The van der Waals surface area contributed by atoms with E-state index in [-0.39, 0.29) is 5.75 Å². The molecule has 5 nitrogen and oxygen atoms in total. The molecule has 1 aromatic heterocycles. The summed E-state index contributed by atoms with van der Waals surface area (Å²) in [5, 5.41) is 11.5. The average Bonchev–Trinajstić information content (AvgIpc) is 3.00. The quantitative estimate of drug-likeness (QED) is 0.575. The Bertz CT molecular complexity index is 959. The van der Waals surface area contributed by atoms with Gasteiger partial charge in [-0.05, 0) is 72.1 Å². The molecule has 1 fully saturated rings. The summed E-state index contributed by atoms with van der Waals surface area (Å²) in [4.78, 5) is 0. The van der Waals surface area contributed by atoms with Gasteiger partial charge >= 0.3 is 6.61 Å². The Labute approximate surface area is 160 Å². The van der Waals surface area contributed by atoms with Gasteiger partial charge in [0.15, 0.2) is 5.82 Å². The van der Waals surface area contributed by atoms with Crippen LogP contribution in [0, 0.1) is 22.0 Å². The Hall–Kier alpha value is -2.35. The van der Waals surface area contributed by atoms with Gasteiger partial charge in [0.05, 0.1) is 6.21 Å². The van der Waals surface area contributed by atoms with Crippen LogP contribution in [0.5, 0.6) is 5.75 Å². The van der Waals surface area contributed by atoms with Crippen LogP contribution in [0.15, 0.2) is 41.0 Å². The van der Waals surface area contributed by atoms with E-state index >= 15 is 0 Å². The van der Waals surface area contributed by atoms with E-state index in [4.69, 9.17) is 12.2 Å². The van der Waals surface area contributed by atoms with Crippen molar-refractivity contribution in [1.29, 1.82) is 0 Å². The van der Waals surface area contributed by atoms with Crippen LogP contribution in [0.3, 0.4) is 0 Å². The van der Waals surface area contributed by atoms with Gasteiger partial charge < -0.3 is 4.74 Å². The van der Waals surface area contributed by atoms with Crippen molar-refractivity contribution in [3.63, 3.8) is 0 Å². The predicted octanol–water partition coefficient (Wildman–Crippen LogP) is 5.04. The average molecular weight is 390 g/mol. The normalized spacial score (nSPS) is 23.4. The summed E-state index contributed by atoms with van der Waals surface area (Å²) in [7, 11) is 0. The molecule has 27 heavy (non-hydrogen) atoms. The molecule has 1 N–H and O–H groups in total. The number of allylic oxidation sites excluding steroid dienone is 2. The Kier molecular flexibility index (Phi) is 4.46. The molecule has 0 spiro atoms. The van der Waals surface area contributed by atoms with E-state index < -0.39 is 6.61 Å². The number of H-pyrrole nitrogens is 1. The summed E-state index contributed by atoms with van der Waals surface area (Å²) in [5.74, 6) is 1.89. The number of halogens is 2. The van der Waals surface area contributed by atoms with Gasteiger partial charge in [-0.15, -0.1) is 0 Å². The fourth-order valence-corrected chi connectivity index (χ4v) is 4.22. The zero-order valence-electron chi connectivity index (χ0n) is 15.0. The largest absolute Gasteiger partial charge is 0.435 e. The smallest absolute Gasteiger partial charge is 0.387 e. The first kappa shape index (κ1) is 18.0. The van der Waals surface area contributed by atoms with E-state index in [0.29, 0.717) is 27.5 Å². The number of hydrogen-bond donors (Lipinski definition) is 1. The van der Waals surface area contributed by atoms with Gasteiger partial charge in [0, 0.05) is 5.56 Å². The lowest BCUT2D eigenvalue weighted by Crippen LogP contribution is -2.48. The lowest BCUT2D eigenvalue weighted by molar-refractivity contribution is -0.0498. The Morgan fingerprint density at radius 1 is 1.37 bits per heavy atom. The topological polar surface area (TPSA) is 55.2 Å². The standard InChI is InChI=1S/C19H20F2N4OS/c1-19(2)13-6-3-12(15(19)9-13)10-22-25-16(23-24-18(25)27)11-4-7-14(8-5-11)26-17(20)21/h3-5,7-8,10,13,15,17H,6,9H2,1-2H3,(H,24,27)/b22-10-/t13-,15+/m1/s1. The van der Waals surface area contributed by atoms with E-state index in [2.05, 4.69) is 40.0 Å². The van der Waals surface area contributed by atoms with Gasteiger partial charge in [0.25, 0.3) is 0 Å². The van der Waals surface area contributed by atoms with Crippen LogP contribution in [0.25, 0.3) is 11.4 Å². The fraction of sp³-hybridized carbons (Fsp3) is 0.421. The molecule has 0 aliphatic heterocycles. The minimum Gasteiger partial charge on any atom is -0.435 e. The number of fused-ring (bicyclic) bond motifs is 1. The number of aromatic nitrogens is 3. The van der Waals surface area contributed by atoms with E-state index in [1.54, 1.807) is 16.8 Å². The van der Waals surface area contributed by atoms with Gasteiger partial charge in [-0.3, -0.25) is 0 Å². The van der Waals surface area contributed by atoms with Crippen LogP contribution >= 0.6 is 12.2 Å². The summed E-state index contributed by atoms with van der Waals surface area (Å²) < 4.78 is 30.9. The first-order valence-corrected chi connectivity index (χ1v) is 9.24. The third kappa shape index (κ3) is 3.22. The van der Waals surface area contributed by atoms with Gasteiger partial charge in [-0.25, -0.2) is 5.10 Å². The molecule has 142 valence electrons. The fourth-order valence-electron chi connectivity index (χ4n) is 4.04. The zero-order valence-corrected chi connectivity index (χ0v) is 15.8. The zero-order chi connectivity index (χ0) is 19.2. The van der Waals surface area contributed by atoms with Crippen LogP contribution < -0.4 is 4.74 Å². The summed E-state index contributed by atoms with van der Waals surface area (Å²) in [6.45, 7) is 1.77. The maximum Gasteiger partial charge on any atom is 0.387 e. The molecule has 0 unspecified atom stereocenters. The van der Waals surface area contributed by atoms with Crippen molar-refractivity contribution in [2.45, 2.75) is 33.3 Å². The second-order valence-corrected chi connectivity index (χ2v) is 7.94.